The van der Waals surface area contributed by atoms with Gasteiger partial charge in [0.25, 0.3) is 0 Å². The Morgan fingerprint density at radius 2 is 1.71 bits per heavy atom. The number of carbonyl (C=O) groups excluding carboxylic acids is 1. The maximum Gasteiger partial charge on any atom is 0.246 e. The third-order valence-corrected chi connectivity index (χ3v) is 2.52. The fraction of sp³-hybridized carbons (Fsp3) is 0.400. The van der Waals surface area contributed by atoms with Crippen molar-refractivity contribution in [2.75, 3.05) is 13.1 Å². The van der Waals surface area contributed by atoms with E-state index in [-0.39, 0.29) is 5.91 Å². The van der Waals surface area contributed by atoms with E-state index < -0.39 is 0 Å². The van der Waals surface area contributed by atoms with Crippen LogP contribution in [0.15, 0.2) is 36.4 Å². The number of rotatable bonds is 6. The summed E-state index contributed by atoms with van der Waals surface area (Å²) in [7, 11) is 0. The number of hydrogen-bond donors (Lipinski definition) is 0. The zero-order valence-corrected chi connectivity index (χ0v) is 10.7. The quantitative estimate of drug-likeness (QED) is 0.687. The second kappa shape index (κ2) is 7.66. The van der Waals surface area contributed by atoms with Crippen LogP contribution in [0.3, 0.4) is 0 Å². The Morgan fingerprint density at radius 3 is 2.24 bits per heavy atom. The Labute approximate surface area is 104 Å². The molecule has 0 spiro atoms. The first kappa shape index (κ1) is 13.5. The van der Waals surface area contributed by atoms with Crippen molar-refractivity contribution in [3.05, 3.63) is 42.0 Å². The van der Waals surface area contributed by atoms with E-state index in [1.165, 1.54) is 0 Å². The Hall–Kier alpha value is -1.57. The molecular formula is C15H21NO. The molecule has 1 aromatic carbocycles. The van der Waals surface area contributed by atoms with Gasteiger partial charge in [0.05, 0.1) is 0 Å². The smallest absolute Gasteiger partial charge is 0.246 e. The molecule has 0 aliphatic heterocycles. The van der Waals surface area contributed by atoms with Gasteiger partial charge in [0.1, 0.15) is 0 Å². The second-order valence-electron chi connectivity index (χ2n) is 4.07. The van der Waals surface area contributed by atoms with Crippen LogP contribution in [0.4, 0.5) is 0 Å². The molecule has 0 radical (unpaired) electrons. The van der Waals surface area contributed by atoms with E-state index in [0.29, 0.717) is 0 Å². The lowest BCUT2D eigenvalue weighted by molar-refractivity contribution is -0.126. The highest BCUT2D eigenvalue weighted by Crippen LogP contribution is 2.03. The van der Waals surface area contributed by atoms with Crippen LogP contribution in [0.5, 0.6) is 0 Å². The summed E-state index contributed by atoms with van der Waals surface area (Å²) in [6, 6.07) is 9.90. The highest BCUT2D eigenvalue weighted by atomic mass is 16.2. The van der Waals surface area contributed by atoms with Gasteiger partial charge in [0, 0.05) is 19.2 Å². The molecule has 0 saturated heterocycles. The van der Waals surface area contributed by atoms with Crippen molar-refractivity contribution in [2.24, 2.45) is 0 Å². The van der Waals surface area contributed by atoms with Crippen LogP contribution in [0.25, 0.3) is 6.08 Å². The molecule has 1 aromatic rings. The maximum absolute atomic E-state index is 11.9. The van der Waals surface area contributed by atoms with E-state index in [1.807, 2.05) is 41.3 Å². The first-order valence-corrected chi connectivity index (χ1v) is 6.30. The molecule has 0 atom stereocenters. The number of hydrogen-bond acceptors (Lipinski definition) is 1. The Balaban J connectivity index is 2.60. The SMILES string of the molecule is CCCN(CCC)C(=O)/C=C/c1ccccc1. The van der Waals surface area contributed by atoms with Gasteiger partial charge in [-0.15, -0.1) is 0 Å². The number of carbonyl (C=O) groups is 1. The van der Waals surface area contributed by atoms with Crippen molar-refractivity contribution in [3.63, 3.8) is 0 Å². The Morgan fingerprint density at radius 1 is 1.12 bits per heavy atom. The standard InChI is InChI=1S/C15H21NO/c1-3-12-16(13-4-2)15(17)11-10-14-8-6-5-7-9-14/h5-11H,3-4,12-13H2,1-2H3/b11-10+. The average molecular weight is 231 g/mol. The molecule has 17 heavy (non-hydrogen) atoms. The van der Waals surface area contributed by atoms with Crippen LogP contribution in [0.1, 0.15) is 32.3 Å². The van der Waals surface area contributed by atoms with Crippen LogP contribution >= 0.6 is 0 Å². The summed E-state index contributed by atoms with van der Waals surface area (Å²) >= 11 is 0. The molecule has 2 heteroatoms. The lowest BCUT2D eigenvalue weighted by atomic mass is 10.2. The summed E-state index contributed by atoms with van der Waals surface area (Å²) in [5, 5.41) is 0. The van der Waals surface area contributed by atoms with E-state index in [2.05, 4.69) is 13.8 Å². The first-order chi connectivity index (χ1) is 8.27. The predicted octanol–water partition coefficient (Wildman–Crippen LogP) is 3.35. The Bertz CT molecular complexity index is 350. The molecule has 0 bridgehead atoms. The first-order valence-electron chi connectivity index (χ1n) is 6.30. The van der Waals surface area contributed by atoms with E-state index >= 15 is 0 Å². The van der Waals surface area contributed by atoms with Gasteiger partial charge in [-0.05, 0) is 24.5 Å². The zero-order valence-electron chi connectivity index (χ0n) is 10.7. The fourth-order valence-corrected chi connectivity index (χ4v) is 1.71. The molecule has 0 heterocycles. The second-order valence-corrected chi connectivity index (χ2v) is 4.07. The van der Waals surface area contributed by atoms with E-state index in [0.717, 1.165) is 31.5 Å². The van der Waals surface area contributed by atoms with Gasteiger partial charge in [-0.3, -0.25) is 4.79 Å². The van der Waals surface area contributed by atoms with Gasteiger partial charge in [0.2, 0.25) is 5.91 Å². The van der Waals surface area contributed by atoms with Gasteiger partial charge in [-0.1, -0.05) is 44.2 Å². The van der Waals surface area contributed by atoms with Crippen LogP contribution in [0.2, 0.25) is 0 Å². The summed E-state index contributed by atoms with van der Waals surface area (Å²) in [5.74, 6) is 0.109. The van der Waals surface area contributed by atoms with Crippen molar-refractivity contribution in [1.82, 2.24) is 4.90 Å². The van der Waals surface area contributed by atoms with Gasteiger partial charge in [-0.2, -0.15) is 0 Å². The minimum Gasteiger partial charge on any atom is -0.339 e. The third-order valence-electron chi connectivity index (χ3n) is 2.52. The molecule has 2 nitrogen and oxygen atoms in total. The largest absolute Gasteiger partial charge is 0.339 e. The lowest BCUT2D eigenvalue weighted by Crippen LogP contribution is -2.30. The molecule has 0 unspecified atom stereocenters. The monoisotopic (exact) mass is 231 g/mol. The van der Waals surface area contributed by atoms with Gasteiger partial charge >= 0.3 is 0 Å². The van der Waals surface area contributed by atoms with Crippen molar-refractivity contribution < 1.29 is 4.79 Å². The number of amides is 1. The lowest BCUT2D eigenvalue weighted by Gasteiger charge is -2.19. The highest BCUT2D eigenvalue weighted by molar-refractivity contribution is 5.91. The number of nitrogens with zero attached hydrogens (tertiary/aromatic N) is 1. The molecule has 1 rings (SSSR count). The average Bonchev–Trinajstić information content (AvgIpc) is 2.37. The minimum atomic E-state index is 0.109. The molecule has 0 saturated carbocycles. The van der Waals surface area contributed by atoms with Gasteiger partial charge < -0.3 is 4.90 Å². The van der Waals surface area contributed by atoms with Gasteiger partial charge in [0.15, 0.2) is 0 Å². The molecule has 1 amide bonds. The molecular weight excluding hydrogens is 210 g/mol. The van der Waals surface area contributed by atoms with E-state index in [4.69, 9.17) is 0 Å². The normalized spacial score (nSPS) is 10.7. The van der Waals surface area contributed by atoms with Crippen LogP contribution in [-0.4, -0.2) is 23.9 Å². The van der Waals surface area contributed by atoms with Crippen molar-refractivity contribution >= 4 is 12.0 Å². The topological polar surface area (TPSA) is 20.3 Å². The van der Waals surface area contributed by atoms with Crippen LogP contribution < -0.4 is 0 Å². The molecule has 0 N–H and O–H groups in total. The molecule has 0 fully saturated rings. The molecule has 0 aliphatic rings. The summed E-state index contributed by atoms with van der Waals surface area (Å²) < 4.78 is 0. The highest BCUT2D eigenvalue weighted by Gasteiger charge is 2.07. The van der Waals surface area contributed by atoms with Crippen molar-refractivity contribution in [2.45, 2.75) is 26.7 Å². The van der Waals surface area contributed by atoms with Gasteiger partial charge in [-0.25, -0.2) is 0 Å². The predicted molar refractivity (Wildman–Crippen MR) is 72.6 cm³/mol. The summed E-state index contributed by atoms with van der Waals surface area (Å²) in [6.07, 6.45) is 5.55. The molecule has 92 valence electrons. The van der Waals surface area contributed by atoms with Crippen LogP contribution in [0, 0.1) is 0 Å². The summed E-state index contributed by atoms with van der Waals surface area (Å²) in [4.78, 5) is 13.8. The van der Waals surface area contributed by atoms with E-state index in [9.17, 15) is 4.79 Å². The molecule has 0 aromatic heterocycles. The molecule has 0 aliphatic carbocycles. The third kappa shape index (κ3) is 4.85. The van der Waals surface area contributed by atoms with E-state index in [1.54, 1.807) is 6.08 Å². The van der Waals surface area contributed by atoms with Crippen LogP contribution in [-0.2, 0) is 4.79 Å². The fourth-order valence-electron chi connectivity index (χ4n) is 1.71. The maximum atomic E-state index is 11.9. The summed E-state index contributed by atoms with van der Waals surface area (Å²) in [6.45, 7) is 5.87. The van der Waals surface area contributed by atoms with Crippen molar-refractivity contribution in [3.8, 4) is 0 Å². The van der Waals surface area contributed by atoms with Crippen molar-refractivity contribution in [1.29, 1.82) is 0 Å². The Kier molecular flexibility index (Phi) is 6.08. The minimum absolute atomic E-state index is 0.109. The zero-order chi connectivity index (χ0) is 12.5. The summed E-state index contributed by atoms with van der Waals surface area (Å²) in [5.41, 5.74) is 1.06. The number of benzene rings is 1.